The van der Waals surface area contributed by atoms with Gasteiger partial charge in [-0.15, -0.1) is 21.5 Å². The van der Waals surface area contributed by atoms with Crippen molar-refractivity contribution in [3.05, 3.63) is 90.5 Å². The third kappa shape index (κ3) is 4.81. The van der Waals surface area contributed by atoms with Gasteiger partial charge in [0.25, 0.3) is 0 Å². The Balaban J connectivity index is 1.35. The summed E-state index contributed by atoms with van der Waals surface area (Å²) in [6, 6.07) is 24.6. The molecule has 0 saturated heterocycles. The van der Waals surface area contributed by atoms with Crippen molar-refractivity contribution in [3.8, 4) is 5.69 Å². The number of para-hydroxylation sites is 2. The van der Waals surface area contributed by atoms with Crippen LogP contribution in [0.4, 0.5) is 0 Å². The molecule has 5 rings (SSSR count). The molecule has 0 spiro atoms. The van der Waals surface area contributed by atoms with E-state index in [1.54, 1.807) is 34.9 Å². The number of fused-ring (bicyclic) bond motifs is 1. The summed E-state index contributed by atoms with van der Waals surface area (Å²) in [5.74, 6) is 2.53. The van der Waals surface area contributed by atoms with Gasteiger partial charge in [-0.2, -0.15) is 0 Å². The lowest BCUT2D eigenvalue weighted by Gasteiger charge is -2.09. The van der Waals surface area contributed by atoms with E-state index in [1.807, 2.05) is 42.6 Å². The van der Waals surface area contributed by atoms with E-state index in [1.165, 1.54) is 4.70 Å². The fourth-order valence-corrected chi connectivity index (χ4v) is 6.07. The highest BCUT2D eigenvalue weighted by atomic mass is 32.2. The first-order chi connectivity index (χ1) is 15.4. The fraction of sp³-hybridized carbons (Fsp3) is 0.130. The molecule has 0 aliphatic rings. The smallest absolute Gasteiger partial charge is 0.195 e. The predicted octanol–water partition coefficient (Wildman–Crippen LogP) is 5.90. The molecule has 5 nitrogen and oxygen atoms in total. The lowest BCUT2D eigenvalue weighted by atomic mass is 10.3. The summed E-state index contributed by atoms with van der Waals surface area (Å²) in [5.41, 5.74) is 3.21. The average Bonchev–Trinajstić information content (AvgIpc) is 3.42. The van der Waals surface area contributed by atoms with E-state index in [0.29, 0.717) is 5.75 Å². The number of pyridine rings is 1. The predicted molar refractivity (Wildman–Crippen MR) is 129 cm³/mol. The highest BCUT2D eigenvalue weighted by Crippen LogP contribution is 2.32. The molecule has 0 unspecified atom stereocenters. The van der Waals surface area contributed by atoms with Crippen LogP contribution in [0.3, 0.4) is 0 Å². The van der Waals surface area contributed by atoms with Crippen molar-refractivity contribution in [2.75, 3.05) is 5.75 Å². The summed E-state index contributed by atoms with van der Waals surface area (Å²) < 4.78 is 4.41. The van der Waals surface area contributed by atoms with E-state index in [9.17, 15) is 0 Å². The van der Waals surface area contributed by atoms with Crippen molar-refractivity contribution >= 4 is 45.1 Å². The van der Waals surface area contributed by atoms with Crippen molar-refractivity contribution in [2.45, 2.75) is 21.7 Å². The number of aryl methyl sites for hydroxylation is 1. The third-order valence-electron chi connectivity index (χ3n) is 4.63. The molecule has 0 fully saturated rings. The minimum atomic E-state index is 0.711. The molecule has 3 heterocycles. The summed E-state index contributed by atoms with van der Waals surface area (Å²) in [4.78, 5) is 9.14. The second-order valence-corrected chi connectivity index (χ2v) is 10.0. The Morgan fingerprint density at radius 2 is 1.68 bits per heavy atom. The molecule has 0 atom stereocenters. The standard InChI is InChI=1S/C23H19N5S3/c1-2-9-18(10-3-1)28-21(16-30-23-25-19-11-4-5-12-20(19)31-23)26-27-22(28)29-15-13-17-8-6-7-14-24-17/h1-12,14H,13,15-16H2. The maximum atomic E-state index is 4.73. The quantitative estimate of drug-likeness (QED) is 0.268. The Morgan fingerprint density at radius 1 is 0.839 bits per heavy atom. The zero-order chi connectivity index (χ0) is 20.9. The number of benzene rings is 2. The van der Waals surface area contributed by atoms with Gasteiger partial charge in [-0.25, -0.2) is 4.98 Å². The van der Waals surface area contributed by atoms with E-state index in [0.717, 1.165) is 44.4 Å². The van der Waals surface area contributed by atoms with Crippen LogP contribution in [-0.4, -0.2) is 30.5 Å². The molecule has 0 radical (unpaired) electrons. The molecule has 0 aliphatic carbocycles. The molecule has 8 heteroatoms. The third-order valence-corrected chi connectivity index (χ3v) is 7.74. The summed E-state index contributed by atoms with van der Waals surface area (Å²) in [6.45, 7) is 0. The molecular formula is C23H19N5S3. The van der Waals surface area contributed by atoms with Gasteiger partial charge in [0.1, 0.15) is 5.82 Å². The summed E-state index contributed by atoms with van der Waals surface area (Å²) >= 11 is 5.14. The Hall–Kier alpha value is -2.68. The van der Waals surface area contributed by atoms with Crippen molar-refractivity contribution in [2.24, 2.45) is 0 Å². The van der Waals surface area contributed by atoms with Crippen LogP contribution < -0.4 is 0 Å². The Bertz CT molecular complexity index is 1240. The summed E-state index contributed by atoms with van der Waals surface area (Å²) in [7, 11) is 0. The normalized spacial score (nSPS) is 11.2. The van der Waals surface area contributed by atoms with Gasteiger partial charge in [0, 0.05) is 23.3 Å². The van der Waals surface area contributed by atoms with Crippen molar-refractivity contribution in [1.82, 2.24) is 24.7 Å². The first-order valence-electron chi connectivity index (χ1n) is 9.87. The van der Waals surface area contributed by atoms with E-state index < -0.39 is 0 Å². The van der Waals surface area contributed by atoms with Crippen molar-refractivity contribution in [1.29, 1.82) is 0 Å². The number of hydrogen-bond acceptors (Lipinski definition) is 7. The summed E-state index contributed by atoms with van der Waals surface area (Å²) in [5, 5.41) is 9.93. The fourth-order valence-electron chi connectivity index (χ4n) is 3.16. The van der Waals surface area contributed by atoms with Crippen LogP contribution in [0.15, 0.2) is 88.5 Å². The first-order valence-corrected chi connectivity index (χ1v) is 12.7. The molecule has 0 bridgehead atoms. The largest absolute Gasteiger partial charge is 0.273 e. The van der Waals surface area contributed by atoms with Crippen LogP contribution in [0.25, 0.3) is 15.9 Å². The maximum absolute atomic E-state index is 4.73. The monoisotopic (exact) mass is 461 g/mol. The molecule has 2 aromatic carbocycles. The van der Waals surface area contributed by atoms with E-state index >= 15 is 0 Å². The SMILES string of the molecule is c1ccc(-n2c(CSc3nc4ccccc4s3)nnc2SCCc2ccccn2)cc1. The van der Waals surface area contributed by atoms with Gasteiger partial charge in [0.15, 0.2) is 9.50 Å². The number of thioether (sulfide) groups is 2. The van der Waals surface area contributed by atoms with Gasteiger partial charge < -0.3 is 0 Å². The van der Waals surface area contributed by atoms with Crippen LogP contribution in [-0.2, 0) is 12.2 Å². The zero-order valence-corrected chi connectivity index (χ0v) is 19.0. The summed E-state index contributed by atoms with van der Waals surface area (Å²) in [6.07, 6.45) is 2.73. The van der Waals surface area contributed by atoms with Crippen LogP contribution in [0, 0.1) is 0 Å². The molecule has 31 heavy (non-hydrogen) atoms. The van der Waals surface area contributed by atoms with Gasteiger partial charge >= 0.3 is 0 Å². The number of nitrogens with zero attached hydrogens (tertiary/aromatic N) is 5. The van der Waals surface area contributed by atoms with E-state index in [4.69, 9.17) is 4.98 Å². The molecule has 0 aliphatic heterocycles. The number of aromatic nitrogens is 5. The second-order valence-electron chi connectivity index (χ2n) is 6.73. The second kappa shape index (κ2) is 9.64. The van der Waals surface area contributed by atoms with E-state index in [-0.39, 0.29) is 0 Å². The number of rotatable bonds is 8. The van der Waals surface area contributed by atoms with Gasteiger partial charge in [-0.05, 0) is 42.8 Å². The van der Waals surface area contributed by atoms with Gasteiger partial charge in [0.05, 0.1) is 16.0 Å². The molecule has 154 valence electrons. The van der Waals surface area contributed by atoms with Gasteiger partial charge in [-0.3, -0.25) is 9.55 Å². The lowest BCUT2D eigenvalue weighted by Crippen LogP contribution is -2.02. The zero-order valence-electron chi connectivity index (χ0n) is 16.6. The Labute approximate surface area is 193 Å². The molecule has 0 saturated carbocycles. The van der Waals surface area contributed by atoms with Crippen LogP contribution in [0.5, 0.6) is 0 Å². The van der Waals surface area contributed by atoms with E-state index in [2.05, 4.69) is 56.1 Å². The molecule has 3 aromatic heterocycles. The van der Waals surface area contributed by atoms with Crippen LogP contribution in [0.1, 0.15) is 11.5 Å². The highest BCUT2D eigenvalue weighted by molar-refractivity contribution is 8.00. The Kier molecular flexibility index (Phi) is 6.29. The first kappa shape index (κ1) is 20.2. The number of hydrogen-bond donors (Lipinski definition) is 0. The molecule has 5 aromatic rings. The molecular weight excluding hydrogens is 442 g/mol. The van der Waals surface area contributed by atoms with Gasteiger partial charge in [-0.1, -0.05) is 59.9 Å². The lowest BCUT2D eigenvalue weighted by molar-refractivity contribution is 0.863. The van der Waals surface area contributed by atoms with Crippen LogP contribution >= 0.6 is 34.9 Å². The maximum Gasteiger partial charge on any atom is 0.195 e. The highest BCUT2D eigenvalue weighted by Gasteiger charge is 2.16. The Morgan fingerprint density at radius 3 is 2.52 bits per heavy atom. The minimum Gasteiger partial charge on any atom is -0.273 e. The average molecular weight is 462 g/mol. The molecule has 0 N–H and O–H groups in total. The van der Waals surface area contributed by atoms with Crippen molar-refractivity contribution < 1.29 is 0 Å². The number of thiazole rings is 1. The minimum absolute atomic E-state index is 0.711. The van der Waals surface area contributed by atoms with Crippen molar-refractivity contribution in [3.63, 3.8) is 0 Å². The van der Waals surface area contributed by atoms with Crippen LogP contribution in [0.2, 0.25) is 0 Å². The van der Waals surface area contributed by atoms with Gasteiger partial charge in [0.2, 0.25) is 0 Å². The molecule has 0 amide bonds. The topological polar surface area (TPSA) is 56.5 Å².